The van der Waals surface area contributed by atoms with Crippen LogP contribution in [0.1, 0.15) is 25.8 Å². The summed E-state index contributed by atoms with van der Waals surface area (Å²) in [6.07, 6.45) is 0.290. The van der Waals surface area contributed by atoms with Gasteiger partial charge < -0.3 is 14.5 Å². The zero-order valence-corrected chi connectivity index (χ0v) is 15.6. The van der Waals surface area contributed by atoms with Crippen LogP contribution in [0.4, 0.5) is 5.69 Å². The molecule has 0 N–H and O–H groups in total. The Morgan fingerprint density at radius 2 is 1.65 bits per heavy atom. The van der Waals surface area contributed by atoms with Gasteiger partial charge in [0.2, 0.25) is 11.8 Å². The molecule has 0 saturated carbocycles. The van der Waals surface area contributed by atoms with Crippen molar-refractivity contribution in [2.24, 2.45) is 0 Å². The Bertz CT molecular complexity index is 714. The monoisotopic (exact) mass is 354 g/mol. The number of amides is 2. The first-order chi connectivity index (χ1) is 12.5. The molecule has 0 aliphatic heterocycles. The van der Waals surface area contributed by atoms with Gasteiger partial charge in [-0.15, -0.1) is 0 Å². The molecule has 0 unspecified atom stereocenters. The van der Waals surface area contributed by atoms with Crippen molar-refractivity contribution in [2.45, 2.75) is 26.8 Å². The van der Waals surface area contributed by atoms with Gasteiger partial charge in [0.25, 0.3) is 0 Å². The van der Waals surface area contributed by atoms with Crippen LogP contribution < -0.4 is 9.64 Å². The minimum Gasteiger partial charge on any atom is -0.497 e. The molecule has 0 aromatic heterocycles. The highest BCUT2D eigenvalue weighted by atomic mass is 16.5. The molecule has 0 spiro atoms. The normalized spacial score (nSPS) is 10.3. The number of hydrogen-bond donors (Lipinski definition) is 0. The maximum atomic E-state index is 12.6. The van der Waals surface area contributed by atoms with Crippen molar-refractivity contribution in [3.63, 3.8) is 0 Å². The molecule has 2 rings (SSSR count). The molecule has 2 amide bonds. The number of carbonyl (C=O) groups is 2. The van der Waals surface area contributed by atoms with E-state index in [0.717, 1.165) is 17.0 Å². The second-order valence-electron chi connectivity index (χ2n) is 6.01. The van der Waals surface area contributed by atoms with E-state index < -0.39 is 0 Å². The predicted octanol–water partition coefficient (Wildman–Crippen LogP) is 3.49. The van der Waals surface area contributed by atoms with Crippen molar-refractivity contribution >= 4 is 17.5 Å². The van der Waals surface area contributed by atoms with Crippen molar-refractivity contribution in [1.29, 1.82) is 0 Å². The van der Waals surface area contributed by atoms with Crippen LogP contribution in [0.5, 0.6) is 5.75 Å². The molecule has 26 heavy (non-hydrogen) atoms. The van der Waals surface area contributed by atoms with E-state index in [0.29, 0.717) is 26.1 Å². The van der Waals surface area contributed by atoms with Crippen molar-refractivity contribution in [2.75, 3.05) is 25.1 Å². The number of hydrogen-bond acceptors (Lipinski definition) is 3. The summed E-state index contributed by atoms with van der Waals surface area (Å²) in [6.45, 7) is 4.95. The lowest BCUT2D eigenvalue weighted by Crippen LogP contribution is -2.36. The van der Waals surface area contributed by atoms with Crippen molar-refractivity contribution < 1.29 is 14.3 Å². The Morgan fingerprint density at radius 1 is 1.00 bits per heavy atom. The first-order valence-corrected chi connectivity index (χ1v) is 8.79. The molecule has 0 aliphatic carbocycles. The largest absolute Gasteiger partial charge is 0.497 e. The molecular formula is C21H26N2O3. The summed E-state index contributed by atoms with van der Waals surface area (Å²) in [4.78, 5) is 28.0. The van der Waals surface area contributed by atoms with Gasteiger partial charge in [0, 0.05) is 38.7 Å². The summed E-state index contributed by atoms with van der Waals surface area (Å²) >= 11 is 0. The molecule has 0 radical (unpaired) electrons. The summed E-state index contributed by atoms with van der Waals surface area (Å²) < 4.78 is 5.15. The van der Waals surface area contributed by atoms with Crippen LogP contribution in [0.15, 0.2) is 54.6 Å². The highest BCUT2D eigenvalue weighted by Crippen LogP contribution is 2.16. The molecule has 0 bridgehead atoms. The second kappa shape index (κ2) is 9.61. The lowest BCUT2D eigenvalue weighted by Gasteiger charge is -2.25. The number of methoxy groups -OCH3 is 1. The molecule has 0 fully saturated rings. The maximum Gasteiger partial charge on any atom is 0.228 e. The van der Waals surface area contributed by atoms with E-state index in [-0.39, 0.29) is 11.8 Å². The molecule has 0 saturated heterocycles. The lowest BCUT2D eigenvalue weighted by molar-refractivity contribution is -0.130. The Balaban J connectivity index is 1.98. The third-order valence-corrected chi connectivity index (χ3v) is 4.26. The van der Waals surface area contributed by atoms with Gasteiger partial charge in [-0.3, -0.25) is 9.59 Å². The molecule has 2 aromatic rings. The van der Waals surface area contributed by atoms with Crippen molar-refractivity contribution in [1.82, 2.24) is 4.90 Å². The number of nitrogens with zero attached hydrogens (tertiary/aromatic N) is 2. The van der Waals surface area contributed by atoms with E-state index in [4.69, 9.17) is 4.74 Å². The third-order valence-electron chi connectivity index (χ3n) is 4.26. The Kier molecular flexibility index (Phi) is 7.21. The van der Waals surface area contributed by atoms with Gasteiger partial charge in [0.15, 0.2) is 0 Å². The summed E-state index contributed by atoms with van der Waals surface area (Å²) in [7, 11) is 1.62. The van der Waals surface area contributed by atoms with Gasteiger partial charge in [0.1, 0.15) is 5.75 Å². The van der Waals surface area contributed by atoms with Crippen LogP contribution in [-0.4, -0.2) is 36.9 Å². The third kappa shape index (κ3) is 5.34. The van der Waals surface area contributed by atoms with Gasteiger partial charge in [-0.25, -0.2) is 0 Å². The van der Waals surface area contributed by atoms with Crippen LogP contribution in [-0.2, 0) is 16.1 Å². The van der Waals surface area contributed by atoms with Gasteiger partial charge >= 0.3 is 0 Å². The zero-order valence-electron chi connectivity index (χ0n) is 15.6. The summed E-state index contributed by atoms with van der Waals surface area (Å²) in [6, 6.07) is 17.2. The smallest absolute Gasteiger partial charge is 0.228 e. The fourth-order valence-corrected chi connectivity index (χ4v) is 2.78. The van der Waals surface area contributed by atoms with Crippen LogP contribution in [0.25, 0.3) is 0 Å². The average molecular weight is 354 g/mol. The SMILES string of the molecule is CCN(C(=O)CCN(Cc1ccc(OC)cc1)C(C)=O)c1ccccc1. The molecule has 0 heterocycles. The van der Waals surface area contributed by atoms with Gasteiger partial charge in [-0.05, 0) is 36.8 Å². The average Bonchev–Trinajstić information content (AvgIpc) is 2.66. The van der Waals surface area contributed by atoms with Crippen LogP contribution >= 0.6 is 0 Å². The quantitative estimate of drug-likeness (QED) is 0.729. The molecule has 0 aliphatic rings. The van der Waals surface area contributed by atoms with E-state index in [1.807, 2.05) is 61.5 Å². The summed E-state index contributed by atoms with van der Waals surface area (Å²) in [5, 5.41) is 0. The summed E-state index contributed by atoms with van der Waals surface area (Å²) in [5.74, 6) is 0.746. The Hall–Kier alpha value is -2.82. The second-order valence-corrected chi connectivity index (χ2v) is 6.01. The van der Waals surface area contributed by atoms with Gasteiger partial charge in [0.05, 0.1) is 7.11 Å². The first-order valence-electron chi connectivity index (χ1n) is 8.79. The fourth-order valence-electron chi connectivity index (χ4n) is 2.78. The van der Waals surface area contributed by atoms with Crippen LogP contribution in [0, 0.1) is 0 Å². The van der Waals surface area contributed by atoms with Crippen LogP contribution in [0.3, 0.4) is 0 Å². The topological polar surface area (TPSA) is 49.9 Å². The van der Waals surface area contributed by atoms with E-state index >= 15 is 0 Å². The number of carbonyl (C=O) groups excluding carboxylic acids is 2. The van der Waals surface area contributed by atoms with E-state index in [2.05, 4.69) is 0 Å². The fraction of sp³-hybridized carbons (Fsp3) is 0.333. The van der Waals surface area contributed by atoms with Gasteiger partial charge in [-0.1, -0.05) is 30.3 Å². The predicted molar refractivity (Wildman–Crippen MR) is 103 cm³/mol. The molecule has 5 nitrogen and oxygen atoms in total. The van der Waals surface area contributed by atoms with E-state index in [1.165, 1.54) is 6.92 Å². The highest BCUT2D eigenvalue weighted by Gasteiger charge is 2.17. The highest BCUT2D eigenvalue weighted by molar-refractivity contribution is 5.93. The minimum absolute atomic E-state index is 0.0136. The van der Waals surface area contributed by atoms with E-state index in [1.54, 1.807) is 16.9 Å². The van der Waals surface area contributed by atoms with Crippen molar-refractivity contribution in [3.8, 4) is 5.75 Å². The molecule has 138 valence electrons. The Morgan fingerprint density at radius 3 is 2.19 bits per heavy atom. The maximum absolute atomic E-state index is 12.6. The van der Waals surface area contributed by atoms with Crippen LogP contribution in [0.2, 0.25) is 0 Å². The first kappa shape index (κ1) is 19.5. The lowest BCUT2D eigenvalue weighted by atomic mass is 10.2. The van der Waals surface area contributed by atoms with Gasteiger partial charge in [-0.2, -0.15) is 0 Å². The minimum atomic E-state index is -0.0450. The molecule has 5 heteroatoms. The standard InChI is InChI=1S/C21H26N2O3/c1-4-23(19-8-6-5-7-9-19)21(25)14-15-22(17(2)24)16-18-10-12-20(26-3)13-11-18/h5-13H,4,14-16H2,1-3H3. The summed E-state index contributed by atoms with van der Waals surface area (Å²) in [5.41, 5.74) is 1.88. The number of para-hydroxylation sites is 1. The number of anilines is 1. The van der Waals surface area contributed by atoms with E-state index in [9.17, 15) is 9.59 Å². The zero-order chi connectivity index (χ0) is 18.9. The Labute approximate surface area is 155 Å². The van der Waals surface area contributed by atoms with Crippen molar-refractivity contribution in [3.05, 3.63) is 60.2 Å². The molecule has 2 aromatic carbocycles. The number of benzene rings is 2. The number of rotatable bonds is 8. The number of ether oxygens (including phenoxy) is 1. The molecule has 0 atom stereocenters. The molecular weight excluding hydrogens is 328 g/mol.